The third-order valence-corrected chi connectivity index (χ3v) is 4.09. The van der Waals surface area contributed by atoms with Gasteiger partial charge in [-0.05, 0) is 55.8 Å². The van der Waals surface area contributed by atoms with Gasteiger partial charge in [-0.2, -0.15) is 5.10 Å². The van der Waals surface area contributed by atoms with Crippen molar-refractivity contribution in [3.63, 3.8) is 0 Å². The summed E-state index contributed by atoms with van der Waals surface area (Å²) in [7, 11) is 0. The minimum absolute atomic E-state index is 0.236. The van der Waals surface area contributed by atoms with Crippen LogP contribution in [0.15, 0.2) is 53.1 Å². The summed E-state index contributed by atoms with van der Waals surface area (Å²) in [5.74, 6) is 1.30. The van der Waals surface area contributed by atoms with Gasteiger partial charge in [0.2, 0.25) is 0 Å². The maximum absolute atomic E-state index is 12.1. The first-order valence-electron chi connectivity index (χ1n) is 8.35. The highest BCUT2D eigenvalue weighted by Crippen LogP contribution is 2.17. The zero-order valence-electron chi connectivity index (χ0n) is 14.4. The van der Waals surface area contributed by atoms with E-state index in [0.29, 0.717) is 23.1 Å². The van der Waals surface area contributed by atoms with E-state index in [-0.39, 0.29) is 18.3 Å². The predicted molar refractivity (Wildman–Crippen MR) is 98.4 cm³/mol. The molecular weight excluding hydrogens is 354 g/mol. The number of benzene rings is 1. The van der Waals surface area contributed by atoms with Gasteiger partial charge in [0.25, 0.3) is 5.91 Å². The molecule has 1 aromatic carbocycles. The Balaban J connectivity index is 1.42. The predicted octanol–water partition coefficient (Wildman–Crippen LogP) is 3.84. The molecule has 2 aromatic heterocycles. The fraction of sp³-hybridized carbons (Fsp3) is 0.263. The van der Waals surface area contributed by atoms with E-state index in [1.54, 1.807) is 42.6 Å². The maximum atomic E-state index is 12.1. The van der Waals surface area contributed by atoms with E-state index in [1.807, 2.05) is 17.7 Å². The van der Waals surface area contributed by atoms with Crippen LogP contribution in [0.3, 0.4) is 0 Å². The number of amides is 1. The largest absolute Gasteiger partial charge is 0.486 e. The minimum Gasteiger partial charge on any atom is -0.486 e. The van der Waals surface area contributed by atoms with Gasteiger partial charge in [0.1, 0.15) is 18.1 Å². The number of ether oxygens (including phenoxy) is 1. The van der Waals surface area contributed by atoms with Crippen molar-refractivity contribution in [2.24, 2.45) is 0 Å². The molecule has 0 atom stereocenters. The van der Waals surface area contributed by atoms with E-state index in [2.05, 4.69) is 10.4 Å². The van der Waals surface area contributed by atoms with Crippen LogP contribution in [0, 0.1) is 6.92 Å². The summed E-state index contributed by atoms with van der Waals surface area (Å²) in [4.78, 5) is 12.1. The Kier molecular flexibility index (Phi) is 5.96. The zero-order chi connectivity index (χ0) is 18.4. The van der Waals surface area contributed by atoms with E-state index in [9.17, 15) is 4.79 Å². The summed E-state index contributed by atoms with van der Waals surface area (Å²) in [6.07, 6.45) is 2.56. The Morgan fingerprint density at radius 3 is 2.77 bits per heavy atom. The van der Waals surface area contributed by atoms with Gasteiger partial charge in [-0.25, -0.2) is 0 Å². The lowest BCUT2D eigenvalue weighted by Crippen LogP contribution is -2.25. The van der Waals surface area contributed by atoms with Crippen LogP contribution in [0.25, 0.3) is 0 Å². The lowest BCUT2D eigenvalue weighted by molar-refractivity contribution is 0.0921. The third kappa shape index (κ3) is 4.89. The van der Waals surface area contributed by atoms with Gasteiger partial charge in [0, 0.05) is 30.0 Å². The van der Waals surface area contributed by atoms with Crippen LogP contribution in [0.1, 0.15) is 28.4 Å². The average Bonchev–Trinajstić information content (AvgIpc) is 3.27. The van der Waals surface area contributed by atoms with Crippen LogP contribution in [0.5, 0.6) is 5.75 Å². The van der Waals surface area contributed by atoms with Crippen LogP contribution >= 0.6 is 11.6 Å². The number of nitrogens with zero attached hydrogens (tertiary/aromatic N) is 2. The molecule has 0 bridgehead atoms. The van der Waals surface area contributed by atoms with Crippen molar-refractivity contribution >= 4 is 17.5 Å². The second kappa shape index (κ2) is 8.58. The highest BCUT2D eigenvalue weighted by molar-refractivity contribution is 6.30. The number of nitrogens with one attached hydrogen (secondary N) is 1. The Morgan fingerprint density at radius 2 is 2.04 bits per heavy atom. The van der Waals surface area contributed by atoms with E-state index in [1.165, 1.54) is 0 Å². The molecular formula is C19H20ClN3O3. The fourth-order valence-electron chi connectivity index (χ4n) is 2.41. The van der Waals surface area contributed by atoms with Crippen LogP contribution < -0.4 is 10.1 Å². The molecule has 3 aromatic rings. The average molecular weight is 374 g/mol. The van der Waals surface area contributed by atoms with E-state index in [0.717, 1.165) is 18.7 Å². The second-order valence-corrected chi connectivity index (χ2v) is 6.25. The van der Waals surface area contributed by atoms with Gasteiger partial charge in [-0.1, -0.05) is 11.6 Å². The normalized spacial score (nSPS) is 10.7. The Hall–Kier alpha value is -2.73. The molecule has 1 amide bonds. The number of rotatable bonds is 8. The number of aryl methyl sites for hydroxylation is 2. The molecule has 0 unspecified atom stereocenters. The van der Waals surface area contributed by atoms with Crippen molar-refractivity contribution in [2.75, 3.05) is 6.54 Å². The molecule has 0 aliphatic rings. The van der Waals surface area contributed by atoms with Gasteiger partial charge in [-0.3, -0.25) is 9.48 Å². The highest BCUT2D eigenvalue weighted by atomic mass is 35.5. The Labute approximate surface area is 156 Å². The molecule has 26 heavy (non-hydrogen) atoms. The third-order valence-electron chi connectivity index (χ3n) is 3.84. The first-order chi connectivity index (χ1) is 12.6. The number of hydrogen-bond acceptors (Lipinski definition) is 4. The van der Waals surface area contributed by atoms with E-state index < -0.39 is 0 Å². The summed E-state index contributed by atoms with van der Waals surface area (Å²) >= 11 is 5.83. The zero-order valence-corrected chi connectivity index (χ0v) is 15.2. The standard InChI is InChI=1S/C19H20ClN3O3/c1-14-9-11-22-23(14)12-2-10-21-19(24)18-8-7-17(26-18)13-25-16-5-3-15(20)4-6-16/h3-9,11H,2,10,12-13H2,1H3,(H,21,24). The monoisotopic (exact) mass is 373 g/mol. The van der Waals surface area contributed by atoms with Crippen molar-refractivity contribution in [2.45, 2.75) is 26.5 Å². The highest BCUT2D eigenvalue weighted by Gasteiger charge is 2.11. The molecule has 0 saturated carbocycles. The van der Waals surface area contributed by atoms with Crippen LogP contribution in [-0.2, 0) is 13.2 Å². The molecule has 6 nitrogen and oxygen atoms in total. The quantitative estimate of drug-likeness (QED) is 0.609. The first kappa shape index (κ1) is 18.1. The lowest BCUT2D eigenvalue weighted by Gasteiger charge is -2.06. The number of aromatic nitrogens is 2. The number of halogens is 1. The summed E-state index contributed by atoms with van der Waals surface area (Å²) in [5.41, 5.74) is 1.10. The fourth-order valence-corrected chi connectivity index (χ4v) is 2.54. The van der Waals surface area contributed by atoms with Gasteiger partial charge in [0.05, 0.1) is 0 Å². The minimum atomic E-state index is -0.236. The molecule has 0 fully saturated rings. The van der Waals surface area contributed by atoms with Crippen LogP contribution in [0.2, 0.25) is 5.02 Å². The van der Waals surface area contributed by atoms with Crippen LogP contribution in [0.4, 0.5) is 0 Å². The molecule has 0 spiro atoms. The van der Waals surface area contributed by atoms with Gasteiger partial charge < -0.3 is 14.5 Å². The second-order valence-electron chi connectivity index (χ2n) is 5.81. The number of carbonyl (C=O) groups is 1. The molecule has 0 radical (unpaired) electrons. The van der Waals surface area contributed by atoms with Crippen molar-refractivity contribution in [1.29, 1.82) is 0 Å². The van der Waals surface area contributed by atoms with E-state index in [4.69, 9.17) is 20.8 Å². The summed E-state index contributed by atoms with van der Waals surface area (Å²) < 4.78 is 13.0. The molecule has 3 rings (SSSR count). The number of furan rings is 1. The summed E-state index contributed by atoms with van der Waals surface area (Å²) in [5, 5.41) is 7.70. The lowest BCUT2D eigenvalue weighted by atomic mass is 10.3. The summed E-state index contributed by atoms with van der Waals surface area (Å²) in [6, 6.07) is 12.4. The summed E-state index contributed by atoms with van der Waals surface area (Å²) in [6.45, 7) is 3.56. The van der Waals surface area contributed by atoms with Crippen LogP contribution in [-0.4, -0.2) is 22.2 Å². The first-order valence-corrected chi connectivity index (χ1v) is 8.73. The Morgan fingerprint density at radius 1 is 1.23 bits per heavy atom. The molecule has 1 N–H and O–H groups in total. The molecule has 0 aliphatic heterocycles. The van der Waals surface area contributed by atoms with Crippen molar-refractivity contribution in [1.82, 2.24) is 15.1 Å². The number of carbonyl (C=O) groups excluding carboxylic acids is 1. The van der Waals surface area contributed by atoms with E-state index >= 15 is 0 Å². The van der Waals surface area contributed by atoms with Gasteiger partial charge >= 0.3 is 0 Å². The van der Waals surface area contributed by atoms with Crippen molar-refractivity contribution < 1.29 is 13.9 Å². The molecule has 0 saturated heterocycles. The van der Waals surface area contributed by atoms with Crippen molar-refractivity contribution in [3.8, 4) is 5.75 Å². The topological polar surface area (TPSA) is 69.3 Å². The molecule has 7 heteroatoms. The molecule has 0 aliphatic carbocycles. The van der Waals surface area contributed by atoms with Gasteiger partial charge in [0.15, 0.2) is 5.76 Å². The van der Waals surface area contributed by atoms with Crippen molar-refractivity contribution in [3.05, 3.63) is 70.9 Å². The smallest absolute Gasteiger partial charge is 0.286 e. The molecule has 136 valence electrons. The van der Waals surface area contributed by atoms with Gasteiger partial charge in [-0.15, -0.1) is 0 Å². The number of hydrogen-bond donors (Lipinski definition) is 1. The maximum Gasteiger partial charge on any atom is 0.286 e. The molecule has 2 heterocycles. The SMILES string of the molecule is Cc1ccnn1CCCNC(=O)c1ccc(COc2ccc(Cl)cc2)o1. The Bertz CT molecular complexity index is 855.